The van der Waals surface area contributed by atoms with Crippen LogP contribution in [0.5, 0.6) is 0 Å². The van der Waals surface area contributed by atoms with Crippen LogP contribution in [-0.4, -0.2) is 70.9 Å². The van der Waals surface area contributed by atoms with Gasteiger partial charge in [-0.15, -0.1) is 0 Å². The molecule has 24 heavy (non-hydrogen) atoms. The van der Waals surface area contributed by atoms with Crippen molar-refractivity contribution in [1.29, 1.82) is 0 Å². The minimum atomic E-state index is -0.513. The van der Waals surface area contributed by atoms with E-state index in [1.54, 1.807) is 9.80 Å². The Morgan fingerprint density at radius 1 is 0.917 bits per heavy atom. The minimum Gasteiger partial charge on any atom is -0.444 e. The molecule has 1 atom stereocenters. The zero-order valence-electron chi connectivity index (χ0n) is 15.9. The van der Waals surface area contributed by atoms with E-state index in [1.165, 1.54) is 0 Å². The number of likely N-dealkylation sites (tertiary alicyclic amines) is 1. The van der Waals surface area contributed by atoms with E-state index >= 15 is 0 Å². The molecule has 0 bridgehead atoms. The van der Waals surface area contributed by atoms with Gasteiger partial charge in [-0.2, -0.15) is 0 Å². The Labute approximate surface area is 144 Å². The van der Waals surface area contributed by atoms with E-state index in [0.29, 0.717) is 26.2 Å². The maximum absolute atomic E-state index is 12.4. The highest BCUT2D eigenvalue weighted by Crippen LogP contribution is 2.28. The highest BCUT2D eigenvalue weighted by molar-refractivity contribution is 5.71. The van der Waals surface area contributed by atoms with Crippen LogP contribution in [0.3, 0.4) is 0 Å². The third kappa shape index (κ3) is 4.75. The summed E-state index contributed by atoms with van der Waals surface area (Å²) in [6, 6.07) is 0.145. The predicted octanol–water partition coefficient (Wildman–Crippen LogP) is 2.20. The lowest BCUT2D eigenvalue weighted by Crippen LogP contribution is -2.79. The Hall–Kier alpha value is -1.50. The number of piperazine rings is 1. The van der Waals surface area contributed by atoms with Crippen LogP contribution in [0.15, 0.2) is 0 Å². The van der Waals surface area contributed by atoms with Gasteiger partial charge in [0, 0.05) is 32.2 Å². The van der Waals surface area contributed by atoms with E-state index in [9.17, 15) is 9.59 Å². The Morgan fingerprint density at radius 2 is 1.33 bits per heavy atom. The topological polar surface area (TPSA) is 71.1 Å². The number of nitrogens with zero attached hydrogens (tertiary/aromatic N) is 2. The predicted molar refractivity (Wildman–Crippen MR) is 90.9 cm³/mol. The average molecular weight is 341 g/mol. The smallest absolute Gasteiger partial charge is 0.410 e. The highest BCUT2D eigenvalue weighted by atomic mass is 16.6. The van der Waals surface area contributed by atoms with Crippen molar-refractivity contribution < 1.29 is 19.1 Å². The maximum Gasteiger partial charge on any atom is 0.410 e. The first-order valence-corrected chi connectivity index (χ1v) is 8.52. The summed E-state index contributed by atoms with van der Waals surface area (Å²) in [5, 5.41) is 3.53. The van der Waals surface area contributed by atoms with Gasteiger partial charge in [0.1, 0.15) is 11.2 Å². The first-order chi connectivity index (χ1) is 10.8. The molecule has 2 rings (SSSR count). The first kappa shape index (κ1) is 18.8. The summed E-state index contributed by atoms with van der Waals surface area (Å²) in [4.78, 5) is 27.9. The average Bonchev–Trinajstić information content (AvgIpc) is 2.30. The summed E-state index contributed by atoms with van der Waals surface area (Å²) in [6.45, 7) is 15.4. The molecule has 2 fully saturated rings. The number of ether oxygens (including phenoxy) is 2. The maximum atomic E-state index is 12.4. The molecule has 1 spiro atoms. The van der Waals surface area contributed by atoms with Crippen molar-refractivity contribution >= 4 is 12.2 Å². The molecular weight excluding hydrogens is 310 g/mol. The summed E-state index contributed by atoms with van der Waals surface area (Å²) < 4.78 is 10.9. The van der Waals surface area contributed by atoms with E-state index in [1.807, 2.05) is 48.5 Å². The summed E-state index contributed by atoms with van der Waals surface area (Å²) in [5.74, 6) is 0. The molecule has 1 N–H and O–H groups in total. The van der Waals surface area contributed by atoms with Crippen LogP contribution in [0, 0.1) is 0 Å². The van der Waals surface area contributed by atoms with Crippen LogP contribution >= 0.6 is 0 Å². The molecule has 0 aromatic heterocycles. The van der Waals surface area contributed by atoms with Crippen LogP contribution in [0.2, 0.25) is 0 Å². The zero-order valence-corrected chi connectivity index (χ0v) is 15.9. The lowest BCUT2D eigenvalue weighted by molar-refractivity contribution is -0.0470. The van der Waals surface area contributed by atoms with Gasteiger partial charge in [0.15, 0.2) is 0 Å². The largest absolute Gasteiger partial charge is 0.444 e. The van der Waals surface area contributed by atoms with Crippen LogP contribution < -0.4 is 5.32 Å². The summed E-state index contributed by atoms with van der Waals surface area (Å²) in [5.41, 5.74) is -1.29. The Morgan fingerprint density at radius 3 is 1.79 bits per heavy atom. The fourth-order valence-electron chi connectivity index (χ4n) is 3.17. The fourth-order valence-corrected chi connectivity index (χ4v) is 3.17. The summed E-state index contributed by atoms with van der Waals surface area (Å²) >= 11 is 0. The quantitative estimate of drug-likeness (QED) is 0.731. The molecule has 0 aromatic carbocycles. The van der Waals surface area contributed by atoms with Crippen LogP contribution in [0.25, 0.3) is 0 Å². The van der Waals surface area contributed by atoms with Crippen molar-refractivity contribution in [1.82, 2.24) is 15.1 Å². The molecule has 2 aliphatic heterocycles. The highest BCUT2D eigenvalue weighted by Gasteiger charge is 2.51. The van der Waals surface area contributed by atoms with Gasteiger partial charge in [-0.25, -0.2) is 9.59 Å². The van der Waals surface area contributed by atoms with Gasteiger partial charge in [-0.05, 0) is 48.5 Å². The zero-order chi connectivity index (χ0) is 18.3. The molecule has 0 aliphatic carbocycles. The van der Waals surface area contributed by atoms with Gasteiger partial charge < -0.3 is 24.6 Å². The number of rotatable bonds is 0. The van der Waals surface area contributed by atoms with Crippen LogP contribution in [0.1, 0.15) is 48.5 Å². The first-order valence-electron chi connectivity index (χ1n) is 8.52. The Kier molecular flexibility index (Phi) is 4.78. The summed E-state index contributed by atoms with van der Waals surface area (Å²) in [6.07, 6.45) is -0.608. The molecule has 7 heteroatoms. The van der Waals surface area contributed by atoms with E-state index in [4.69, 9.17) is 9.47 Å². The SMILES string of the molecule is CC1CN(C(=O)OC(C)(C)C)CC2(CN(C(=O)OC(C)(C)C)C2)N1. The molecule has 0 aromatic rings. The van der Waals surface area contributed by atoms with Crippen LogP contribution in [-0.2, 0) is 9.47 Å². The number of hydrogen-bond donors (Lipinski definition) is 1. The molecule has 2 amide bonds. The number of nitrogens with one attached hydrogen (secondary N) is 1. The molecule has 2 aliphatic rings. The van der Waals surface area contributed by atoms with Crippen molar-refractivity contribution in [3.05, 3.63) is 0 Å². The number of carbonyl (C=O) groups excluding carboxylic acids is 2. The molecule has 2 saturated heterocycles. The normalized spacial score (nSPS) is 23.7. The fraction of sp³-hybridized carbons (Fsp3) is 0.882. The van der Waals surface area contributed by atoms with E-state index < -0.39 is 11.2 Å². The van der Waals surface area contributed by atoms with Crippen molar-refractivity contribution in [3.63, 3.8) is 0 Å². The third-order valence-electron chi connectivity index (χ3n) is 3.83. The standard InChI is InChI=1S/C17H31N3O4/c1-12-8-19(13(21)23-15(2,3)4)9-17(18-12)10-20(11-17)14(22)24-16(5,6)7/h12,18H,8-11H2,1-7H3. The van der Waals surface area contributed by atoms with Crippen molar-refractivity contribution in [2.45, 2.75) is 71.2 Å². The Balaban J connectivity index is 1.95. The van der Waals surface area contributed by atoms with Gasteiger partial charge in [-0.3, -0.25) is 0 Å². The van der Waals surface area contributed by atoms with Crippen LogP contribution in [0.4, 0.5) is 9.59 Å². The second-order valence-electron chi connectivity index (χ2n) is 9.02. The van der Waals surface area contributed by atoms with E-state index in [-0.39, 0.29) is 23.8 Å². The number of carbonyl (C=O) groups is 2. The van der Waals surface area contributed by atoms with E-state index in [2.05, 4.69) is 5.32 Å². The van der Waals surface area contributed by atoms with E-state index in [0.717, 1.165) is 0 Å². The summed E-state index contributed by atoms with van der Waals surface area (Å²) in [7, 11) is 0. The minimum absolute atomic E-state index is 0.145. The number of amides is 2. The number of hydrogen-bond acceptors (Lipinski definition) is 5. The van der Waals surface area contributed by atoms with Gasteiger partial charge >= 0.3 is 12.2 Å². The lowest BCUT2D eigenvalue weighted by Gasteiger charge is -2.56. The molecular formula is C17H31N3O4. The third-order valence-corrected chi connectivity index (χ3v) is 3.83. The Bertz CT molecular complexity index is 501. The van der Waals surface area contributed by atoms with Gasteiger partial charge in [0.05, 0.1) is 5.54 Å². The molecule has 0 saturated carbocycles. The van der Waals surface area contributed by atoms with Crippen molar-refractivity contribution in [2.24, 2.45) is 0 Å². The molecule has 138 valence electrons. The molecule has 1 unspecified atom stereocenters. The van der Waals surface area contributed by atoms with Gasteiger partial charge in [0.2, 0.25) is 0 Å². The molecule has 2 heterocycles. The molecule has 0 radical (unpaired) electrons. The van der Waals surface area contributed by atoms with Gasteiger partial charge in [-0.1, -0.05) is 0 Å². The van der Waals surface area contributed by atoms with Crippen molar-refractivity contribution in [2.75, 3.05) is 26.2 Å². The second-order valence-corrected chi connectivity index (χ2v) is 9.02. The monoisotopic (exact) mass is 341 g/mol. The molecule has 7 nitrogen and oxygen atoms in total. The second kappa shape index (κ2) is 6.10. The van der Waals surface area contributed by atoms with Crippen molar-refractivity contribution in [3.8, 4) is 0 Å². The lowest BCUT2D eigenvalue weighted by atomic mass is 9.86. The van der Waals surface area contributed by atoms with Gasteiger partial charge in [0.25, 0.3) is 0 Å².